The van der Waals surface area contributed by atoms with Crippen molar-refractivity contribution in [2.75, 3.05) is 0 Å². The zero-order valence-electron chi connectivity index (χ0n) is 44.0. The van der Waals surface area contributed by atoms with Crippen LogP contribution in [0.4, 0.5) is 4.39 Å². The van der Waals surface area contributed by atoms with Gasteiger partial charge in [-0.1, -0.05) is 156 Å². The second-order valence-corrected chi connectivity index (χ2v) is 26.5. The Balaban J connectivity index is 0.000000239. The van der Waals surface area contributed by atoms with Crippen molar-refractivity contribution in [3.8, 4) is 28.3 Å². The number of benzene rings is 5. The summed E-state index contributed by atoms with van der Waals surface area (Å²) in [5.74, 6) is 1.37. The van der Waals surface area contributed by atoms with Gasteiger partial charge >= 0.3 is 0 Å². The molecule has 66 heavy (non-hydrogen) atoms. The van der Waals surface area contributed by atoms with Crippen LogP contribution < -0.4 is 5.19 Å². The number of rotatable bonds is 10. The van der Waals surface area contributed by atoms with E-state index < -0.39 is 19.9 Å². The van der Waals surface area contributed by atoms with Crippen molar-refractivity contribution in [1.82, 2.24) is 19.1 Å². The first-order chi connectivity index (χ1) is 31.4. The van der Waals surface area contributed by atoms with Crippen LogP contribution in [0.25, 0.3) is 61.2 Å². The zero-order chi connectivity index (χ0) is 49.0. The summed E-state index contributed by atoms with van der Waals surface area (Å²) in [7, 11) is -1.74. The molecule has 7 heteroatoms. The molecule has 0 N–H and O–H groups in total. The molecule has 0 saturated carbocycles. The third kappa shape index (κ3) is 10.5. The first-order valence-corrected chi connectivity index (χ1v) is 27.2. The number of hydrogen-bond donors (Lipinski definition) is 0. The summed E-state index contributed by atoms with van der Waals surface area (Å²) < 4.78 is 36.9. The van der Waals surface area contributed by atoms with Gasteiger partial charge in [0.05, 0.1) is 24.9 Å². The van der Waals surface area contributed by atoms with Crippen molar-refractivity contribution >= 4 is 46.1 Å². The Bertz CT molecular complexity index is 3040. The minimum Gasteiger partial charge on any atom is -0.378 e. The van der Waals surface area contributed by atoms with Crippen LogP contribution in [-0.4, -0.2) is 27.2 Å². The van der Waals surface area contributed by atoms with Gasteiger partial charge in [-0.05, 0) is 99.1 Å². The average Bonchev–Trinajstić information content (AvgIpc) is 3.81. The number of hydrogen-bond acceptors (Lipinski definition) is 2. The molecular formula is C59H71FIrN4Si-2. The summed E-state index contributed by atoms with van der Waals surface area (Å²) in [4.78, 5) is 9.93. The average molecular weight is 1080 g/mol. The molecule has 5 aromatic carbocycles. The van der Waals surface area contributed by atoms with E-state index in [4.69, 9.17) is 12.7 Å². The van der Waals surface area contributed by atoms with Crippen molar-refractivity contribution in [3.05, 3.63) is 143 Å². The van der Waals surface area contributed by atoms with Gasteiger partial charge in [0.15, 0.2) is 0 Å². The molecule has 0 aliphatic rings. The SMILES string of the molecule is CCC(CC)n1c2c[c-]c(-c3nc4ccccc4n3-c3c(C(C)C)cccc3C(C)C)cc2c2ccc(F)cc21.[2H]C([2H])(c1cc(-c2[c-]ccc(C(C)(C)C)c2)ncc1[Si](C)(C)C)C(C)(C)C.[Ir]. The predicted molar refractivity (Wildman–Crippen MR) is 279 cm³/mol. The maximum Gasteiger partial charge on any atom is 0.125 e. The van der Waals surface area contributed by atoms with E-state index in [1.807, 2.05) is 51.2 Å². The van der Waals surface area contributed by atoms with Gasteiger partial charge in [-0.25, -0.2) is 4.39 Å². The Labute approximate surface area is 412 Å². The van der Waals surface area contributed by atoms with E-state index in [0.717, 1.165) is 79.1 Å². The molecule has 0 spiro atoms. The predicted octanol–water partition coefficient (Wildman–Crippen LogP) is 16.3. The normalized spacial score (nSPS) is 13.1. The summed E-state index contributed by atoms with van der Waals surface area (Å²) >= 11 is 0. The summed E-state index contributed by atoms with van der Waals surface area (Å²) in [6, 6.07) is 39.9. The smallest absolute Gasteiger partial charge is 0.125 e. The second-order valence-electron chi connectivity index (χ2n) is 21.5. The molecule has 0 aliphatic heterocycles. The molecular weight excluding hydrogens is 1000 g/mol. The Morgan fingerprint density at radius 1 is 0.742 bits per heavy atom. The largest absolute Gasteiger partial charge is 0.378 e. The van der Waals surface area contributed by atoms with E-state index >= 15 is 0 Å². The quantitative estimate of drug-likeness (QED) is 0.101. The molecule has 0 atom stereocenters. The fraction of sp³-hybridized carbons (Fsp3) is 0.390. The third-order valence-corrected chi connectivity index (χ3v) is 14.6. The first-order valence-electron chi connectivity index (χ1n) is 24.7. The molecule has 8 aromatic rings. The minimum absolute atomic E-state index is 0. The third-order valence-electron chi connectivity index (χ3n) is 12.5. The van der Waals surface area contributed by atoms with Gasteiger partial charge in [0.2, 0.25) is 0 Å². The molecule has 3 aromatic heterocycles. The molecule has 0 saturated heterocycles. The van der Waals surface area contributed by atoms with Crippen LogP contribution in [0.3, 0.4) is 0 Å². The second kappa shape index (κ2) is 19.9. The fourth-order valence-corrected chi connectivity index (χ4v) is 10.5. The Morgan fingerprint density at radius 3 is 2.02 bits per heavy atom. The molecule has 0 amide bonds. The number of nitrogens with zero attached hydrogens (tertiary/aromatic N) is 4. The summed E-state index contributed by atoms with van der Waals surface area (Å²) in [6.07, 6.45) is 2.43. The van der Waals surface area contributed by atoms with Crippen LogP contribution in [0.2, 0.25) is 19.6 Å². The molecule has 0 unspecified atom stereocenters. The van der Waals surface area contributed by atoms with Gasteiger partial charge in [0.1, 0.15) is 5.82 Å². The van der Waals surface area contributed by atoms with Crippen molar-refractivity contribution in [3.63, 3.8) is 0 Å². The Morgan fingerprint density at radius 2 is 1.41 bits per heavy atom. The Hall–Kier alpha value is -4.68. The molecule has 349 valence electrons. The van der Waals surface area contributed by atoms with Crippen LogP contribution >= 0.6 is 0 Å². The van der Waals surface area contributed by atoms with Crippen molar-refractivity contribution in [2.24, 2.45) is 5.41 Å². The zero-order valence-corrected chi connectivity index (χ0v) is 45.4. The summed E-state index contributed by atoms with van der Waals surface area (Å²) in [5.41, 5.74) is 12.1. The van der Waals surface area contributed by atoms with Crippen molar-refractivity contribution in [2.45, 2.75) is 145 Å². The first kappa shape index (κ1) is 47.8. The van der Waals surface area contributed by atoms with E-state index in [0.29, 0.717) is 11.8 Å². The van der Waals surface area contributed by atoms with Crippen LogP contribution in [0.15, 0.2) is 103 Å². The van der Waals surface area contributed by atoms with Gasteiger partial charge in [-0.3, -0.25) is 4.98 Å². The maximum absolute atomic E-state index is 14.5. The van der Waals surface area contributed by atoms with Crippen molar-refractivity contribution < 1.29 is 27.2 Å². The number of pyridine rings is 1. The molecule has 0 bridgehead atoms. The minimum atomic E-state index is -1.74. The van der Waals surface area contributed by atoms with Gasteiger partial charge < -0.3 is 14.1 Å². The van der Waals surface area contributed by atoms with Gasteiger partial charge in [-0.15, -0.1) is 59.2 Å². The fourth-order valence-electron chi connectivity index (χ4n) is 9.13. The molecule has 1 radical (unpaired) electrons. The summed E-state index contributed by atoms with van der Waals surface area (Å²) in [6.45, 7) is 32.6. The Kier molecular flexibility index (Phi) is 14.4. The molecule has 3 heterocycles. The van der Waals surface area contributed by atoms with Crippen LogP contribution in [0.1, 0.15) is 139 Å². The number of aromatic nitrogens is 4. The van der Waals surface area contributed by atoms with Gasteiger partial charge in [-0.2, -0.15) is 0 Å². The molecule has 0 fully saturated rings. The van der Waals surface area contributed by atoms with E-state index in [-0.39, 0.29) is 37.4 Å². The summed E-state index contributed by atoms with van der Waals surface area (Å²) in [5, 5.41) is 3.26. The topological polar surface area (TPSA) is 35.6 Å². The van der Waals surface area contributed by atoms with E-state index in [2.05, 4.69) is 164 Å². The molecule has 4 nitrogen and oxygen atoms in total. The van der Waals surface area contributed by atoms with Crippen LogP contribution in [0, 0.1) is 23.4 Å². The number of para-hydroxylation sites is 3. The maximum atomic E-state index is 14.5. The van der Waals surface area contributed by atoms with Crippen LogP contribution in [0.5, 0.6) is 0 Å². The monoisotopic (exact) mass is 1080 g/mol. The number of halogens is 1. The van der Waals surface area contributed by atoms with Gasteiger partial charge in [0.25, 0.3) is 0 Å². The molecule has 0 aliphatic carbocycles. The number of imidazole rings is 1. The molecule has 8 rings (SSSR count). The number of fused-ring (bicyclic) bond motifs is 4. The van der Waals surface area contributed by atoms with E-state index in [1.54, 1.807) is 12.1 Å². The van der Waals surface area contributed by atoms with E-state index in [1.165, 1.54) is 22.4 Å². The van der Waals surface area contributed by atoms with Crippen LogP contribution in [-0.2, 0) is 31.9 Å². The van der Waals surface area contributed by atoms with E-state index in [9.17, 15) is 4.39 Å². The van der Waals surface area contributed by atoms with Crippen molar-refractivity contribution in [1.29, 1.82) is 0 Å². The standard InChI is InChI=1S/C36H37FN3.C23H34NSi.Ir/c1-7-26(8-2)39-32-19-16-24(20-30(32)29-18-17-25(37)21-34(29)39)36-38-31-14-9-10-15-33(31)40(36)35-27(22(3)4)12-11-13-28(35)23(5)6;1-22(2,3)15-18-14-20(24-16-21(18)25(7,8)9)17-11-10-12-19(13-17)23(4,5)6;/h9-15,17-23,26H,7-8H2,1-6H3;10,12-14,16H,15H2,1-9H3;/q2*-1;/i;15D2;. The van der Waals surface area contributed by atoms with Gasteiger partial charge in [0, 0.05) is 46.3 Å².